The summed E-state index contributed by atoms with van der Waals surface area (Å²) in [4.78, 5) is 0. The molecular weight excluding hydrogens is 201 g/mol. The van der Waals surface area contributed by atoms with Crippen molar-refractivity contribution in [3.63, 3.8) is 0 Å². The summed E-state index contributed by atoms with van der Waals surface area (Å²) in [7, 11) is 0. The molecular formula is H3MnNaNiO4. The number of rotatable bonds is 0. The van der Waals surface area contributed by atoms with Gasteiger partial charge in [-0.25, -0.2) is 0 Å². The van der Waals surface area contributed by atoms with Gasteiger partial charge in [-0.1, -0.05) is 0 Å². The van der Waals surface area contributed by atoms with Gasteiger partial charge in [0.15, 0.2) is 0 Å². The van der Waals surface area contributed by atoms with E-state index in [4.69, 9.17) is 16.0 Å². The first-order chi connectivity index (χ1) is 2.00. The van der Waals surface area contributed by atoms with Crippen LogP contribution >= 0.6 is 0 Å². The van der Waals surface area contributed by atoms with E-state index in [1.807, 2.05) is 0 Å². The van der Waals surface area contributed by atoms with Crippen LogP contribution in [0.2, 0.25) is 0 Å². The Kier molecular flexibility index (Phi) is 12.8. The third kappa shape index (κ3) is 98.1. The zero-order valence-electron chi connectivity index (χ0n) is 4.41. The summed E-state index contributed by atoms with van der Waals surface area (Å²) in [6.45, 7) is 0. The van der Waals surface area contributed by atoms with E-state index < -0.39 is 13.4 Å². The van der Waals surface area contributed by atoms with Gasteiger partial charge in [-0.3, -0.25) is 0 Å². The van der Waals surface area contributed by atoms with E-state index in [9.17, 15) is 0 Å². The molecule has 0 heterocycles. The Morgan fingerprint density at radius 1 is 1.29 bits per heavy atom. The number of hydrogen-bond donors (Lipinski definition) is 2. The van der Waals surface area contributed by atoms with E-state index >= 15 is 0 Å². The SMILES string of the molecule is [H-].[Na+].[Ni].[O]=[Mn](=[O])([OH])[OH]. The molecule has 0 bridgehead atoms. The van der Waals surface area contributed by atoms with Crippen LogP contribution in [0, 0.1) is 0 Å². The first kappa shape index (κ1) is 15.8. The van der Waals surface area contributed by atoms with Gasteiger partial charge in [0, 0.05) is 16.5 Å². The van der Waals surface area contributed by atoms with Crippen LogP contribution in [0.25, 0.3) is 0 Å². The van der Waals surface area contributed by atoms with Gasteiger partial charge in [-0.15, -0.1) is 0 Å². The molecule has 2 N–H and O–H groups in total. The fourth-order valence-corrected chi connectivity index (χ4v) is 0. The molecule has 4 nitrogen and oxygen atoms in total. The van der Waals surface area contributed by atoms with Gasteiger partial charge in [0.2, 0.25) is 0 Å². The molecule has 0 spiro atoms. The summed E-state index contributed by atoms with van der Waals surface area (Å²) < 4.78 is 31.8. The van der Waals surface area contributed by atoms with Gasteiger partial charge < -0.3 is 1.43 Å². The fourth-order valence-electron chi connectivity index (χ4n) is 0. The third-order valence-corrected chi connectivity index (χ3v) is 0. The van der Waals surface area contributed by atoms with E-state index in [2.05, 4.69) is 0 Å². The van der Waals surface area contributed by atoms with Crippen LogP contribution in [0.5, 0.6) is 0 Å². The van der Waals surface area contributed by atoms with Crippen molar-refractivity contribution < 1.29 is 76.9 Å². The summed E-state index contributed by atoms with van der Waals surface area (Å²) in [5.74, 6) is 0. The van der Waals surface area contributed by atoms with Gasteiger partial charge in [0.05, 0.1) is 0 Å². The molecule has 0 atom stereocenters. The molecule has 0 radical (unpaired) electrons. The fraction of sp³-hybridized carbons (Fsp3) is 0. The average molecular weight is 204 g/mol. The zero-order valence-corrected chi connectivity index (χ0v) is 7.57. The quantitative estimate of drug-likeness (QED) is 0.391. The maximum atomic E-state index is 8.80. The second-order valence-electron chi connectivity index (χ2n) is 0.415. The Balaban J connectivity index is -0.0000000267. The van der Waals surface area contributed by atoms with Crippen LogP contribution in [0.3, 0.4) is 0 Å². The Bertz CT molecular complexity index is 99.2. The van der Waals surface area contributed by atoms with Crippen LogP contribution in [0.4, 0.5) is 0 Å². The van der Waals surface area contributed by atoms with Crippen molar-refractivity contribution in [2.45, 2.75) is 0 Å². The van der Waals surface area contributed by atoms with Crippen LogP contribution in [0.1, 0.15) is 1.43 Å². The van der Waals surface area contributed by atoms with Crippen molar-refractivity contribution in [3.8, 4) is 0 Å². The summed E-state index contributed by atoms with van der Waals surface area (Å²) in [5.41, 5.74) is 0. The van der Waals surface area contributed by atoms with E-state index in [0.29, 0.717) is 0 Å². The van der Waals surface area contributed by atoms with Gasteiger partial charge in [-0.05, 0) is 0 Å². The molecule has 7 heavy (non-hydrogen) atoms. The van der Waals surface area contributed by atoms with E-state index in [-0.39, 0.29) is 47.5 Å². The average Bonchev–Trinajstić information content (AvgIpc) is 0.722. The molecule has 0 rings (SSSR count). The molecule has 0 unspecified atom stereocenters. The topological polar surface area (TPSA) is 74.6 Å². The molecule has 7 heteroatoms. The van der Waals surface area contributed by atoms with Crippen molar-refractivity contribution in [3.05, 3.63) is 0 Å². The molecule has 0 aliphatic rings. The predicted octanol–water partition coefficient (Wildman–Crippen LogP) is -4.24. The van der Waals surface area contributed by atoms with Gasteiger partial charge in [0.1, 0.15) is 0 Å². The van der Waals surface area contributed by atoms with E-state index in [1.165, 1.54) is 0 Å². The molecule has 0 aromatic carbocycles. The van der Waals surface area contributed by atoms with Gasteiger partial charge >= 0.3 is 59.0 Å². The summed E-state index contributed by atoms with van der Waals surface area (Å²) in [5, 5.41) is 0. The third-order valence-electron chi connectivity index (χ3n) is 0. The standard InChI is InChI=1S/Mn.Na.Ni.2H2O.2O.H/h;;;2*1H2;;;/q+2;+1;;;;;;-1/p-2. The van der Waals surface area contributed by atoms with E-state index in [0.717, 1.165) is 0 Å². The molecule has 0 saturated heterocycles. The van der Waals surface area contributed by atoms with Crippen molar-refractivity contribution in [2.24, 2.45) is 0 Å². The molecule has 0 saturated carbocycles. The molecule has 0 aliphatic carbocycles. The Hall–Kier alpha value is 1.53. The zero-order chi connectivity index (χ0) is 4.50. The summed E-state index contributed by atoms with van der Waals surface area (Å²) in [6, 6.07) is 0. The molecule has 0 aromatic rings. The van der Waals surface area contributed by atoms with E-state index in [1.54, 1.807) is 0 Å². The Morgan fingerprint density at radius 3 is 1.29 bits per heavy atom. The molecule has 0 aromatic heterocycles. The monoisotopic (exact) mass is 203 g/mol. The second-order valence-corrected chi connectivity index (χ2v) is 1.71. The summed E-state index contributed by atoms with van der Waals surface area (Å²) in [6.07, 6.45) is 0. The first-order valence-electron chi connectivity index (χ1n) is 0.647. The van der Waals surface area contributed by atoms with Crippen LogP contribution in [-0.4, -0.2) is 8.38 Å². The maximum absolute atomic E-state index is 8.80. The van der Waals surface area contributed by atoms with Crippen molar-refractivity contribution in [1.29, 1.82) is 0 Å². The van der Waals surface area contributed by atoms with Gasteiger partial charge in [0.25, 0.3) is 0 Å². The molecule has 0 amide bonds. The van der Waals surface area contributed by atoms with Crippen molar-refractivity contribution in [1.82, 2.24) is 0 Å². The van der Waals surface area contributed by atoms with Crippen molar-refractivity contribution >= 4 is 0 Å². The molecule has 0 fully saturated rings. The van der Waals surface area contributed by atoms with Crippen LogP contribution < -0.4 is 29.6 Å². The Morgan fingerprint density at radius 2 is 1.29 bits per heavy atom. The number of hydrogen-bond acceptors (Lipinski definition) is 2. The molecule has 0 aliphatic heterocycles. The second kappa shape index (κ2) is 5.67. The molecule has 45 valence electrons. The summed E-state index contributed by atoms with van der Waals surface area (Å²) >= 11 is -5.12. The minimum absolute atomic E-state index is 0. The van der Waals surface area contributed by atoms with Gasteiger partial charge in [-0.2, -0.15) is 0 Å². The normalized spacial score (nSPS) is 8.29. The first-order valence-corrected chi connectivity index (χ1v) is 2.67. The minimum atomic E-state index is -5.12. The van der Waals surface area contributed by atoms with Crippen molar-refractivity contribution in [2.75, 3.05) is 0 Å². The predicted molar refractivity (Wildman–Crippen MR) is 6.92 cm³/mol. The van der Waals surface area contributed by atoms with Crippen LogP contribution in [-0.2, 0) is 37.5 Å². The Labute approximate surface area is 76.3 Å². The van der Waals surface area contributed by atoms with Crippen LogP contribution in [0.15, 0.2) is 0 Å².